The molecule has 0 radical (unpaired) electrons. The van der Waals surface area contributed by atoms with E-state index in [1.807, 2.05) is 19.1 Å². The van der Waals surface area contributed by atoms with Gasteiger partial charge < -0.3 is 15.4 Å². The van der Waals surface area contributed by atoms with Crippen molar-refractivity contribution in [2.75, 3.05) is 12.4 Å². The van der Waals surface area contributed by atoms with Crippen LogP contribution in [0.1, 0.15) is 16.8 Å². The first kappa shape index (κ1) is 22.6. The molecule has 0 aliphatic carbocycles. The number of carbonyl (C=O) groups is 1. The monoisotopic (exact) mass is 427 g/mol. The third-order valence-electron chi connectivity index (χ3n) is 3.75. The molecule has 2 heterocycles. The van der Waals surface area contributed by atoms with Crippen LogP contribution in [0.5, 0.6) is 5.88 Å². The minimum absolute atomic E-state index is 0.0176. The van der Waals surface area contributed by atoms with Crippen molar-refractivity contribution in [1.29, 1.82) is 0 Å². The zero-order valence-electron chi connectivity index (χ0n) is 16.6. The number of nitrogens with one attached hydrogen (secondary N) is 3. The Bertz CT molecular complexity index is 1050. The molecule has 0 bridgehead atoms. The van der Waals surface area contributed by atoms with E-state index < -0.39 is 0 Å². The molecule has 0 atom stereocenters. The molecular weight excluding hydrogens is 406 g/mol. The number of carbonyl (C=O) groups excluding carboxylic acids is 1. The number of amides is 1. The fraction of sp³-hybridized carbons (Fsp3) is 0.143. The quantitative estimate of drug-likeness (QED) is 0.498. The molecule has 8 nitrogen and oxygen atoms in total. The average molecular weight is 428 g/mol. The van der Waals surface area contributed by atoms with E-state index in [9.17, 15) is 4.79 Å². The van der Waals surface area contributed by atoms with E-state index >= 15 is 0 Å². The lowest BCUT2D eigenvalue weighted by molar-refractivity contribution is -0.109. The molecule has 2 aromatic heterocycles. The predicted octanol–water partition coefficient (Wildman–Crippen LogP) is 3.45. The Morgan fingerprint density at radius 3 is 2.57 bits per heavy atom. The third-order valence-corrected chi connectivity index (χ3v) is 4.00. The number of benzene rings is 1. The van der Waals surface area contributed by atoms with Gasteiger partial charge in [0.15, 0.2) is 0 Å². The minimum Gasteiger partial charge on any atom is -0.469 e. The maximum atomic E-state index is 12.6. The number of nitrogens with zero attached hydrogens (tertiary/aromatic N) is 2. The molecule has 0 saturated carbocycles. The molecule has 0 saturated heterocycles. The van der Waals surface area contributed by atoms with Crippen LogP contribution >= 0.6 is 11.6 Å². The van der Waals surface area contributed by atoms with E-state index in [1.54, 1.807) is 37.5 Å². The summed E-state index contributed by atoms with van der Waals surface area (Å²) in [5.41, 5.74) is 2.54. The number of H-pyrrole nitrogens is 1. The second-order valence-electron chi connectivity index (χ2n) is 5.98. The summed E-state index contributed by atoms with van der Waals surface area (Å²) < 4.78 is 5.57. The van der Waals surface area contributed by atoms with Crippen LogP contribution in [0.2, 0.25) is 5.02 Å². The normalized spacial score (nSPS) is 9.70. The number of pyridine rings is 1. The number of hydrogen-bond donors (Lipinski definition) is 3. The van der Waals surface area contributed by atoms with Crippen LogP contribution in [0.15, 0.2) is 54.0 Å². The van der Waals surface area contributed by atoms with Crippen molar-refractivity contribution in [2.45, 2.75) is 13.5 Å². The Balaban J connectivity index is 0.000000735. The fourth-order valence-corrected chi connectivity index (χ4v) is 2.48. The summed E-state index contributed by atoms with van der Waals surface area (Å²) in [5.74, 6) is 0.412. The van der Waals surface area contributed by atoms with Crippen molar-refractivity contribution < 1.29 is 9.53 Å². The van der Waals surface area contributed by atoms with Gasteiger partial charge in [0, 0.05) is 29.6 Å². The Morgan fingerprint density at radius 2 is 1.97 bits per heavy atom. The van der Waals surface area contributed by atoms with Crippen LogP contribution in [0.4, 0.5) is 11.5 Å². The molecule has 0 fully saturated rings. The van der Waals surface area contributed by atoms with Crippen LogP contribution in [0.3, 0.4) is 0 Å². The lowest BCUT2D eigenvalue weighted by Crippen LogP contribution is -2.16. The Hall–Kier alpha value is -3.65. The number of aromatic amines is 1. The largest absolute Gasteiger partial charge is 0.469 e. The number of aromatic nitrogens is 3. The standard InChI is InChI=1S/C19H17ClN4O2.C2H5NO/c1-3-16-17(25)19(26-11-13-8-9-21-12(2)10-13)24-23-18(16)22-15-6-4-14(20)5-7-15;1-3-2-4/h3-10H,1,11H2,2H3,(H2,22,23,25);2H,1H3,(H,3,4). The van der Waals surface area contributed by atoms with Crippen LogP contribution in [0, 0.1) is 6.92 Å². The van der Waals surface area contributed by atoms with E-state index in [0.29, 0.717) is 22.8 Å². The van der Waals surface area contributed by atoms with E-state index in [2.05, 4.69) is 32.4 Å². The summed E-state index contributed by atoms with van der Waals surface area (Å²) in [6.07, 6.45) is 3.78. The van der Waals surface area contributed by atoms with Crippen molar-refractivity contribution in [3.8, 4) is 5.88 Å². The Labute approximate surface area is 179 Å². The average Bonchev–Trinajstić information content (AvgIpc) is 2.75. The molecule has 156 valence electrons. The first-order chi connectivity index (χ1) is 14.5. The molecule has 30 heavy (non-hydrogen) atoms. The predicted molar refractivity (Wildman–Crippen MR) is 118 cm³/mol. The topological polar surface area (TPSA) is 109 Å². The van der Waals surface area contributed by atoms with Gasteiger partial charge >= 0.3 is 0 Å². The van der Waals surface area contributed by atoms with Crippen LogP contribution < -0.4 is 20.8 Å². The van der Waals surface area contributed by atoms with Gasteiger partial charge in [-0.15, -0.1) is 5.10 Å². The highest BCUT2D eigenvalue weighted by atomic mass is 35.5. The maximum Gasteiger partial charge on any atom is 0.280 e. The molecule has 0 aliphatic rings. The number of halogens is 1. The Morgan fingerprint density at radius 1 is 1.27 bits per heavy atom. The molecule has 3 aromatic rings. The summed E-state index contributed by atoms with van der Waals surface area (Å²) in [6.45, 7) is 5.82. The highest BCUT2D eigenvalue weighted by Gasteiger charge is 2.12. The molecule has 0 spiro atoms. The van der Waals surface area contributed by atoms with Crippen molar-refractivity contribution in [3.05, 3.63) is 81.2 Å². The van der Waals surface area contributed by atoms with Crippen molar-refractivity contribution >= 4 is 35.6 Å². The van der Waals surface area contributed by atoms with Crippen molar-refractivity contribution in [2.24, 2.45) is 0 Å². The van der Waals surface area contributed by atoms with Gasteiger partial charge in [0.1, 0.15) is 12.4 Å². The number of hydrogen-bond acceptors (Lipinski definition) is 6. The summed E-state index contributed by atoms with van der Waals surface area (Å²) in [6, 6.07) is 10.8. The first-order valence-electron chi connectivity index (χ1n) is 8.91. The molecule has 1 amide bonds. The van der Waals surface area contributed by atoms with Crippen molar-refractivity contribution in [1.82, 2.24) is 20.5 Å². The van der Waals surface area contributed by atoms with Gasteiger partial charge in [-0.2, -0.15) is 0 Å². The fourth-order valence-electron chi connectivity index (χ4n) is 2.36. The minimum atomic E-state index is -0.346. The van der Waals surface area contributed by atoms with Gasteiger partial charge in [0.2, 0.25) is 6.41 Å². The summed E-state index contributed by atoms with van der Waals surface area (Å²) in [5, 5.41) is 12.8. The number of rotatable bonds is 7. The van der Waals surface area contributed by atoms with Gasteiger partial charge in [-0.05, 0) is 48.9 Å². The Kier molecular flexibility index (Phi) is 8.58. The van der Waals surface area contributed by atoms with Crippen molar-refractivity contribution in [3.63, 3.8) is 0 Å². The summed E-state index contributed by atoms with van der Waals surface area (Å²) in [4.78, 5) is 25.8. The van der Waals surface area contributed by atoms with E-state index in [1.165, 1.54) is 6.08 Å². The summed E-state index contributed by atoms with van der Waals surface area (Å²) in [7, 11) is 1.56. The maximum absolute atomic E-state index is 12.6. The van der Waals surface area contributed by atoms with E-state index in [-0.39, 0.29) is 17.9 Å². The molecule has 3 N–H and O–H groups in total. The second-order valence-corrected chi connectivity index (χ2v) is 6.42. The summed E-state index contributed by atoms with van der Waals surface area (Å²) >= 11 is 5.88. The van der Waals surface area contributed by atoms with Crippen LogP contribution in [-0.2, 0) is 11.4 Å². The lowest BCUT2D eigenvalue weighted by Gasteiger charge is -2.11. The van der Waals surface area contributed by atoms with E-state index in [0.717, 1.165) is 16.9 Å². The second kappa shape index (κ2) is 11.4. The SMILES string of the molecule is C=Cc1c(Nc2ccc(Cl)cc2)[nH]nc(OCc2ccnc(C)c2)c1=O.CNC=O. The molecule has 1 aromatic carbocycles. The molecule has 0 aliphatic heterocycles. The molecule has 0 unspecified atom stereocenters. The lowest BCUT2D eigenvalue weighted by atomic mass is 10.2. The third kappa shape index (κ3) is 6.46. The first-order valence-corrected chi connectivity index (χ1v) is 9.29. The number of ether oxygens (including phenoxy) is 1. The zero-order chi connectivity index (χ0) is 21.9. The highest BCUT2D eigenvalue weighted by Crippen LogP contribution is 2.20. The van der Waals surface area contributed by atoms with Gasteiger partial charge in [0.05, 0.1) is 5.56 Å². The highest BCUT2D eigenvalue weighted by molar-refractivity contribution is 6.30. The van der Waals surface area contributed by atoms with Gasteiger partial charge in [-0.1, -0.05) is 24.3 Å². The zero-order valence-corrected chi connectivity index (χ0v) is 17.4. The van der Waals surface area contributed by atoms with Gasteiger partial charge in [0.25, 0.3) is 11.3 Å². The smallest absolute Gasteiger partial charge is 0.280 e. The molecular formula is C21H22ClN5O3. The molecule has 3 rings (SSSR count). The number of aryl methyl sites for hydroxylation is 1. The van der Waals surface area contributed by atoms with Crippen LogP contribution in [0.25, 0.3) is 6.08 Å². The van der Waals surface area contributed by atoms with Gasteiger partial charge in [-0.3, -0.25) is 19.7 Å². The molecule has 9 heteroatoms. The number of anilines is 2. The van der Waals surface area contributed by atoms with Crippen LogP contribution in [-0.4, -0.2) is 28.6 Å². The van der Waals surface area contributed by atoms with E-state index in [4.69, 9.17) is 21.1 Å². The van der Waals surface area contributed by atoms with Gasteiger partial charge in [-0.25, -0.2) is 0 Å².